The number of carbonyl (C=O) groups is 2. The van der Waals surface area contributed by atoms with E-state index in [-0.39, 0.29) is 11.9 Å². The Bertz CT molecular complexity index is 829. The Morgan fingerprint density at radius 3 is 2.56 bits per heavy atom. The van der Waals surface area contributed by atoms with Gasteiger partial charge < -0.3 is 15.4 Å². The Morgan fingerprint density at radius 1 is 1.19 bits per heavy atom. The van der Waals surface area contributed by atoms with Crippen molar-refractivity contribution in [2.24, 2.45) is 0 Å². The van der Waals surface area contributed by atoms with Crippen LogP contribution in [0.2, 0.25) is 0 Å². The molecule has 0 aliphatic rings. The van der Waals surface area contributed by atoms with Crippen LogP contribution in [0.1, 0.15) is 37.6 Å². The van der Waals surface area contributed by atoms with Gasteiger partial charge in [0.05, 0.1) is 15.7 Å². The van der Waals surface area contributed by atoms with Crippen molar-refractivity contribution in [1.29, 1.82) is 0 Å². The summed E-state index contributed by atoms with van der Waals surface area (Å²) in [5, 5.41) is 5.60. The zero-order valence-electron chi connectivity index (χ0n) is 15.4. The van der Waals surface area contributed by atoms with Gasteiger partial charge in [0, 0.05) is 6.04 Å². The summed E-state index contributed by atoms with van der Waals surface area (Å²) in [6.45, 7) is 5.47. The van der Waals surface area contributed by atoms with Gasteiger partial charge in [-0.05, 0) is 66.5 Å². The molecule has 0 saturated heterocycles. The van der Waals surface area contributed by atoms with E-state index in [1.165, 1.54) is 18.2 Å². The summed E-state index contributed by atoms with van der Waals surface area (Å²) in [5.41, 5.74) is 0.776. The van der Waals surface area contributed by atoms with Gasteiger partial charge in [-0.1, -0.05) is 19.1 Å². The Balaban J connectivity index is 2.09. The number of amides is 2. The van der Waals surface area contributed by atoms with Crippen molar-refractivity contribution in [3.8, 4) is 5.75 Å². The van der Waals surface area contributed by atoms with E-state index in [0.29, 0.717) is 21.5 Å². The highest BCUT2D eigenvalue weighted by molar-refractivity contribution is 9.10. The molecule has 5 nitrogen and oxygen atoms in total. The molecule has 2 unspecified atom stereocenters. The summed E-state index contributed by atoms with van der Waals surface area (Å²) >= 11 is 3.20. The zero-order chi connectivity index (χ0) is 20.0. The zero-order valence-corrected chi connectivity index (χ0v) is 17.0. The van der Waals surface area contributed by atoms with Crippen molar-refractivity contribution in [3.05, 3.63) is 58.3 Å². The van der Waals surface area contributed by atoms with Crippen LogP contribution in [-0.4, -0.2) is 24.0 Å². The molecule has 2 atom stereocenters. The topological polar surface area (TPSA) is 67.4 Å². The molecule has 0 aliphatic carbocycles. The van der Waals surface area contributed by atoms with E-state index in [1.54, 1.807) is 31.2 Å². The van der Waals surface area contributed by atoms with E-state index in [0.717, 1.165) is 6.42 Å². The quantitative estimate of drug-likeness (QED) is 0.669. The van der Waals surface area contributed by atoms with Crippen LogP contribution >= 0.6 is 15.9 Å². The van der Waals surface area contributed by atoms with Gasteiger partial charge in [0.15, 0.2) is 6.10 Å². The standard InChI is InChI=1S/C20H22BrFN2O3/c1-4-12(2)23-20(26)15-7-5-6-8-17(15)24-19(25)13(3)27-18-10-9-14(22)11-16(18)21/h5-13H,4H2,1-3H3,(H,23,26)(H,24,25). The van der Waals surface area contributed by atoms with Crippen LogP contribution in [0.15, 0.2) is 46.9 Å². The van der Waals surface area contributed by atoms with Crippen LogP contribution < -0.4 is 15.4 Å². The molecule has 144 valence electrons. The van der Waals surface area contributed by atoms with Gasteiger partial charge in [0.2, 0.25) is 0 Å². The molecule has 0 heterocycles. The summed E-state index contributed by atoms with van der Waals surface area (Å²) in [7, 11) is 0. The molecule has 2 rings (SSSR count). The van der Waals surface area contributed by atoms with E-state index < -0.39 is 17.8 Å². The van der Waals surface area contributed by atoms with Gasteiger partial charge in [-0.25, -0.2) is 4.39 Å². The van der Waals surface area contributed by atoms with Crippen LogP contribution in [0.3, 0.4) is 0 Å². The van der Waals surface area contributed by atoms with Gasteiger partial charge in [0.25, 0.3) is 11.8 Å². The molecule has 2 amide bonds. The van der Waals surface area contributed by atoms with E-state index in [4.69, 9.17) is 4.74 Å². The molecule has 7 heteroatoms. The first kappa shape index (κ1) is 20.9. The molecule has 0 radical (unpaired) electrons. The minimum atomic E-state index is -0.850. The summed E-state index contributed by atoms with van der Waals surface area (Å²) < 4.78 is 19.2. The molecule has 0 fully saturated rings. The van der Waals surface area contributed by atoms with Crippen LogP contribution in [0, 0.1) is 5.82 Å². The second kappa shape index (κ2) is 9.50. The fourth-order valence-electron chi connectivity index (χ4n) is 2.24. The summed E-state index contributed by atoms with van der Waals surface area (Å²) in [6, 6.07) is 10.7. The molecule has 0 aliphatic heterocycles. The third-order valence-electron chi connectivity index (χ3n) is 3.99. The predicted octanol–water partition coefficient (Wildman–Crippen LogP) is 4.52. The first-order chi connectivity index (χ1) is 12.8. The normalized spacial score (nSPS) is 12.8. The summed E-state index contributed by atoms with van der Waals surface area (Å²) in [5.74, 6) is -0.737. The van der Waals surface area contributed by atoms with Gasteiger partial charge >= 0.3 is 0 Å². The van der Waals surface area contributed by atoms with Crippen LogP contribution in [-0.2, 0) is 4.79 Å². The minimum Gasteiger partial charge on any atom is -0.480 e. The molecule has 2 aromatic carbocycles. The van der Waals surface area contributed by atoms with Crippen molar-refractivity contribution in [1.82, 2.24) is 5.32 Å². The second-order valence-electron chi connectivity index (χ2n) is 6.15. The minimum absolute atomic E-state index is 0.0272. The lowest BCUT2D eigenvalue weighted by Crippen LogP contribution is -2.34. The first-order valence-electron chi connectivity index (χ1n) is 8.64. The smallest absolute Gasteiger partial charge is 0.265 e. The molecular formula is C20H22BrFN2O3. The van der Waals surface area contributed by atoms with Crippen molar-refractivity contribution < 1.29 is 18.7 Å². The Labute approximate surface area is 166 Å². The maximum Gasteiger partial charge on any atom is 0.265 e. The molecule has 2 N–H and O–H groups in total. The van der Waals surface area contributed by atoms with Gasteiger partial charge in [-0.3, -0.25) is 9.59 Å². The Kier molecular flexibility index (Phi) is 7.36. The largest absolute Gasteiger partial charge is 0.480 e. The number of nitrogens with one attached hydrogen (secondary N) is 2. The number of anilines is 1. The molecule has 0 aromatic heterocycles. The van der Waals surface area contributed by atoms with Crippen molar-refractivity contribution in [2.75, 3.05) is 5.32 Å². The molecule has 0 spiro atoms. The Morgan fingerprint density at radius 2 is 1.89 bits per heavy atom. The highest BCUT2D eigenvalue weighted by Crippen LogP contribution is 2.26. The number of hydrogen-bond donors (Lipinski definition) is 2. The molecule has 2 aromatic rings. The maximum absolute atomic E-state index is 13.2. The van der Waals surface area contributed by atoms with Crippen molar-refractivity contribution >= 4 is 33.4 Å². The summed E-state index contributed by atoms with van der Waals surface area (Å²) in [4.78, 5) is 24.9. The van der Waals surface area contributed by atoms with Crippen LogP contribution in [0.5, 0.6) is 5.75 Å². The lowest BCUT2D eigenvalue weighted by molar-refractivity contribution is -0.122. The number of para-hydroxylation sites is 1. The number of ether oxygens (including phenoxy) is 1. The highest BCUT2D eigenvalue weighted by Gasteiger charge is 2.20. The summed E-state index contributed by atoms with van der Waals surface area (Å²) in [6.07, 6.45) is -0.0463. The first-order valence-corrected chi connectivity index (χ1v) is 9.43. The number of carbonyl (C=O) groups excluding carboxylic acids is 2. The van der Waals surface area contributed by atoms with Crippen molar-refractivity contribution in [2.45, 2.75) is 39.3 Å². The molecule has 27 heavy (non-hydrogen) atoms. The lowest BCUT2D eigenvalue weighted by atomic mass is 10.1. The predicted molar refractivity (Wildman–Crippen MR) is 106 cm³/mol. The third-order valence-corrected chi connectivity index (χ3v) is 4.61. The van der Waals surface area contributed by atoms with Crippen LogP contribution in [0.4, 0.5) is 10.1 Å². The average molecular weight is 437 g/mol. The van der Waals surface area contributed by atoms with E-state index in [1.807, 2.05) is 13.8 Å². The SMILES string of the molecule is CCC(C)NC(=O)c1ccccc1NC(=O)C(C)Oc1ccc(F)cc1Br. The van der Waals surface area contributed by atoms with Crippen molar-refractivity contribution in [3.63, 3.8) is 0 Å². The maximum atomic E-state index is 13.2. The number of benzene rings is 2. The van der Waals surface area contributed by atoms with Gasteiger partial charge in [-0.2, -0.15) is 0 Å². The van der Waals surface area contributed by atoms with E-state index in [9.17, 15) is 14.0 Å². The van der Waals surface area contributed by atoms with Gasteiger partial charge in [-0.15, -0.1) is 0 Å². The Hall–Kier alpha value is -2.41. The second-order valence-corrected chi connectivity index (χ2v) is 7.01. The fourth-order valence-corrected chi connectivity index (χ4v) is 2.69. The monoisotopic (exact) mass is 436 g/mol. The highest BCUT2D eigenvalue weighted by atomic mass is 79.9. The average Bonchev–Trinajstić information content (AvgIpc) is 2.64. The fraction of sp³-hybridized carbons (Fsp3) is 0.300. The molecular weight excluding hydrogens is 415 g/mol. The van der Waals surface area contributed by atoms with Crippen LogP contribution in [0.25, 0.3) is 0 Å². The van der Waals surface area contributed by atoms with E-state index in [2.05, 4.69) is 26.6 Å². The number of halogens is 2. The lowest BCUT2D eigenvalue weighted by Gasteiger charge is -2.18. The number of hydrogen-bond acceptors (Lipinski definition) is 3. The molecule has 0 saturated carbocycles. The van der Waals surface area contributed by atoms with E-state index >= 15 is 0 Å². The number of rotatable bonds is 7. The third kappa shape index (κ3) is 5.79. The molecule has 0 bridgehead atoms. The van der Waals surface area contributed by atoms with Gasteiger partial charge in [0.1, 0.15) is 11.6 Å².